The molecule has 1 aromatic heterocycles. The first-order chi connectivity index (χ1) is 9.69. The highest BCUT2D eigenvalue weighted by Crippen LogP contribution is 2.28. The molecule has 0 saturated heterocycles. The summed E-state index contributed by atoms with van der Waals surface area (Å²) in [6.07, 6.45) is 2.06. The molecule has 1 saturated carbocycles. The van der Waals surface area contributed by atoms with Gasteiger partial charge in [-0.1, -0.05) is 15.9 Å². The van der Waals surface area contributed by atoms with Crippen LogP contribution in [0, 0.1) is 5.92 Å². The molecule has 0 aliphatic heterocycles. The van der Waals surface area contributed by atoms with Gasteiger partial charge < -0.3 is 9.88 Å². The number of rotatable bonds is 5. The van der Waals surface area contributed by atoms with Gasteiger partial charge in [0.05, 0.1) is 16.9 Å². The number of benzene rings is 1. The minimum absolute atomic E-state index is 0.171. The molecular weight excluding hydrogens is 342 g/mol. The van der Waals surface area contributed by atoms with Gasteiger partial charge in [0, 0.05) is 23.5 Å². The van der Waals surface area contributed by atoms with Gasteiger partial charge >= 0.3 is 0 Å². The Kier molecular flexibility index (Phi) is 3.98. The Balaban J connectivity index is 1.76. The Morgan fingerprint density at radius 1 is 1.50 bits per heavy atom. The number of carbonyl (C=O) groups excluding carboxylic acids is 1. The smallest absolute Gasteiger partial charge is 0.223 e. The van der Waals surface area contributed by atoms with Crippen molar-refractivity contribution in [3.05, 3.63) is 28.5 Å². The lowest BCUT2D eigenvalue weighted by Crippen LogP contribution is -2.28. The summed E-state index contributed by atoms with van der Waals surface area (Å²) in [6, 6.07) is 5.98. The molecule has 1 amide bonds. The van der Waals surface area contributed by atoms with Crippen LogP contribution in [0.5, 0.6) is 0 Å². The second kappa shape index (κ2) is 5.74. The number of fused-ring (bicyclic) bond motifs is 1. The van der Waals surface area contributed by atoms with Crippen molar-refractivity contribution in [2.24, 2.45) is 5.92 Å². The predicted molar refractivity (Wildman–Crippen MR) is 82.7 cm³/mol. The first-order valence-corrected chi connectivity index (χ1v) is 8.00. The van der Waals surface area contributed by atoms with E-state index in [0.717, 1.165) is 34.2 Å². The number of imidazole rings is 1. The van der Waals surface area contributed by atoms with Gasteiger partial charge in [-0.2, -0.15) is 0 Å². The minimum atomic E-state index is 0.171. The molecule has 20 heavy (non-hydrogen) atoms. The number of hydrogen-bond donors (Lipinski definition) is 1. The summed E-state index contributed by atoms with van der Waals surface area (Å²) in [6.45, 7) is 1.30. The molecule has 1 fully saturated rings. The van der Waals surface area contributed by atoms with Crippen molar-refractivity contribution in [3.63, 3.8) is 0 Å². The zero-order valence-electron chi connectivity index (χ0n) is 10.9. The third kappa shape index (κ3) is 2.83. The highest BCUT2D eigenvalue weighted by molar-refractivity contribution is 9.10. The van der Waals surface area contributed by atoms with Crippen molar-refractivity contribution in [3.8, 4) is 0 Å². The van der Waals surface area contributed by atoms with E-state index in [0.29, 0.717) is 19.0 Å². The van der Waals surface area contributed by atoms with E-state index in [1.54, 1.807) is 0 Å². The fourth-order valence-electron chi connectivity index (χ4n) is 2.29. The van der Waals surface area contributed by atoms with Crippen molar-refractivity contribution >= 4 is 44.5 Å². The summed E-state index contributed by atoms with van der Waals surface area (Å²) in [7, 11) is 0. The number of alkyl halides is 1. The van der Waals surface area contributed by atoms with Gasteiger partial charge in [0.25, 0.3) is 0 Å². The zero-order chi connectivity index (χ0) is 14.1. The number of aromatic nitrogens is 2. The Labute approximate surface area is 130 Å². The van der Waals surface area contributed by atoms with Crippen LogP contribution in [0.25, 0.3) is 11.0 Å². The van der Waals surface area contributed by atoms with Gasteiger partial charge in [-0.25, -0.2) is 4.98 Å². The number of carbonyl (C=O) groups is 1. The quantitative estimate of drug-likeness (QED) is 0.837. The fourth-order valence-corrected chi connectivity index (χ4v) is 2.84. The van der Waals surface area contributed by atoms with Gasteiger partial charge in [-0.3, -0.25) is 4.79 Å². The van der Waals surface area contributed by atoms with Crippen molar-refractivity contribution in [2.45, 2.75) is 25.3 Å². The monoisotopic (exact) mass is 355 g/mol. The van der Waals surface area contributed by atoms with Crippen molar-refractivity contribution in [1.82, 2.24) is 14.9 Å². The lowest BCUT2D eigenvalue weighted by molar-refractivity contribution is -0.122. The van der Waals surface area contributed by atoms with Crippen molar-refractivity contribution < 1.29 is 4.79 Å². The molecule has 1 aliphatic rings. The predicted octanol–water partition coefficient (Wildman–Crippen LogP) is 3.06. The Hall–Kier alpha value is -1.07. The molecule has 4 nitrogen and oxygen atoms in total. The second-order valence-electron chi connectivity index (χ2n) is 5.01. The van der Waals surface area contributed by atoms with E-state index in [4.69, 9.17) is 11.6 Å². The second-order valence-corrected chi connectivity index (χ2v) is 6.19. The molecule has 0 atom stereocenters. The normalized spacial score (nSPS) is 14.7. The summed E-state index contributed by atoms with van der Waals surface area (Å²) in [4.78, 5) is 16.2. The lowest BCUT2D eigenvalue weighted by Gasteiger charge is -2.09. The summed E-state index contributed by atoms with van der Waals surface area (Å²) in [5.41, 5.74) is 1.97. The van der Waals surface area contributed by atoms with Crippen LogP contribution in [-0.2, 0) is 17.2 Å². The summed E-state index contributed by atoms with van der Waals surface area (Å²) in [5, 5.41) is 2.97. The van der Waals surface area contributed by atoms with Gasteiger partial charge in [-0.15, -0.1) is 11.6 Å². The molecule has 3 rings (SSSR count). The van der Waals surface area contributed by atoms with E-state index in [2.05, 4.69) is 30.8 Å². The summed E-state index contributed by atoms with van der Waals surface area (Å²) in [5.74, 6) is 1.62. The highest BCUT2D eigenvalue weighted by atomic mass is 79.9. The maximum absolute atomic E-state index is 11.6. The molecule has 0 bridgehead atoms. The Bertz CT molecular complexity index is 651. The average molecular weight is 357 g/mol. The number of nitrogens with one attached hydrogen (secondary N) is 1. The zero-order valence-corrected chi connectivity index (χ0v) is 13.2. The van der Waals surface area contributed by atoms with Gasteiger partial charge in [0.1, 0.15) is 5.82 Å². The topological polar surface area (TPSA) is 46.9 Å². The van der Waals surface area contributed by atoms with Gasteiger partial charge in [-0.05, 0) is 31.0 Å². The molecule has 0 unspecified atom stereocenters. The number of halogens is 2. The molecule has 6 heteroatoms. The fraction of sp³-hybridized carbons (Fsp3) is 0.429. The highest BCUT2D eigenvalue weighted by Gasteiger charge is 2.29. The molecule has 0 spiro atoms. The summed E-state index contributed by atoms with van der Waals surface area (Å²) >= 11 is 9.41. The average Bonchev–Trinajstić information content (AvgIpc) is 3.22. The largest absolute Gasteiger partial charge is 0.354 e. The molecule has 1 aromatic carbocycles. The Morgan fingerprint density at radius 3 is 3.00 bits per heavy atom. The third-order valence-corrected chi connectivity index (χ3v) is 4.22. The van der Waals surface area contributed by atoms with Crippen LogP contribution in [-0.4, -0.2) is 22.0 Å². The van der Waals surface area contributed by atoms with Crippen LogP contribution < -0.4 is 5.32 Å². The minimum Gasteiger partial charge on any atom is -0.354 e. The number of nitrogens with zero attached hydrogens (tertiary/aromatic N) is 2. The van der Waals surface area contributed by atoms with Crippen LogP contribution in [0.4, 0.5) is 0 Å². The van der Waals surface area contributed by atoms with E-state index in [1.807, 2.05) is 18.2 Å². The first-order valence-electron chi connectivity index (χ1n) is 6.67. The molecule has 2 aromatic rings. The standard InChI is InChI=1S/C14H15BrClN3O/c15-10-3-4-12-11(7-10)18-13(8-16)19(12)6-5-17-14(20)9-1-2-9/h3-4,7,9H,1-2,5-6,8H2,(H,17,20). The number of hydrogen-bond acceptors (Lipinski definition) is 2. The van der Waals surface area contributed by atoms with Crippen LogP contribution in [0.2, 0.25) is 0 Å². The van der Waals surface area contributed by atoms with E-state index < -0.39 is 0 Å². The number of amides is 1. The van der Waals surface area contributed by atoms with Crippen molar-refractivity contribution in [1.29, 1.82) is 0 Å². The molecule has 1 heterocycles. The Morgan fingerprint density at radius 2 is 2.30 bits per heavy atom. The van der Waals surface area contributed by atoms with Crippen LogP contribution in [0.15, 0.2) is 22.7 Å². The maximum Gasteiger partial charge on any atom is 0.223 e. The first kappa shape index (κ1) is 13.9. The van der Waals surface area contributed by atoms with Crippen molar-refractivity contribution in [2.75, 3.05) is 6.54 Å². The van der Waals surface area contributed by atoms with E-state index >= 15 is 0 Å². The SMILES string of the molecule is O=C(NCCn1c(CCl)nc2cc(Br)ccc21)C1CC1. The van der Waals surface area contributed by atoms with Crippen LogP contribution in [0.1, 0.15) is 18.7 Å². The molecule has 0 radical (unpaired) electrons. The van der Waals surface area contributed by atoms with E-state index in [1.165, 1.54) is 0 Å². The molecule has 1 N–H and O–H groups in total. The van der Waals surface area contributed by atoms with Crippen LogP contribution in [0.3, 0.4) is 0 Å². The van der Waals surface area contributed by atoms with Gasteiger partial charge in [0.15, 0.2) is 0 Å². The van der Waals surface area contributed by atoms with E-state index in [-0.39, 0.29) is 11.8 Å². The summed E-state index contributed by atoms with van der Waals surface area (Å²) < 4.78 is 3.07. The van der Waals surface area contributed by atoms with Gasteiger partial charge in [0.2, 0.25) is 5.91 Å². The van der Waals surface area contributed by atoms with E-state index in [9.17, 15) is 4.79 Å². The molecular formula is C14H15BrClN3O. The molecule has 1 aliphatic carbocycles. The van der Waals surface area contributed by atoms with Crippen LogP contribution >= 0.6 is 27.5 Å². The maximum atomic E-state index is 11.6. The third-order valence-electron chi connectivity index (χ3n) is 3.49. The molecule has 106 valence electrons. The lowest BCUT2D eigenvalue weighted by atomic mass is 10.3.